The predicted octanol–water partition coefficient (Wildman–Crippen LogP) is 3.09. The van der Waals surface area contributed by atoms with E-state index in [0.717, 1.165) is 27.0 Å². The molecule has 0 saturated heterocycles. The monoisotopic (exact) mass is 203 g/mol. The molecule has 70 valence electrons. The topological polar surface area (TPSA) is 33.0 Å². The van der Waals surface area contributed by atoms with E-state index in [1.54, 1.807) is 18.4 Å². The molecule has 3 heteroatoms. The van der Waals surface area contributed by atoms with Crippen LogP contribution < -0.4 is 4.74 Å². The van der Waals surface area contributed by atoms with Gasteiger partial charge in [0.15, 0.2) is 0 Å². The van der Waals surface area contributed by atoms with Gasteiger partial charge in [-0.15, -0.1) is 11.3 Å². The second-order valence-corrected chi connectivity index (χ2v) is 3.91. The Labute approximate surface area is 86.4 Å². The fourth-order valence-corrected chi connectivity index (χ4v) is 2.52. The highest BCUT2D eigenvalue weighted by molar-refractivity contribution is 7.17. The second-order valence-electron chi connectivity index (χ2n) is 3.03. The van der Waals surface area contributed by atoms with Crippen LogP contribution in [-0.4, -0.2) is 7.11 Å². The van der Waals surface area contributed by atoms with E-state index in [-0.39, 0.29) is 0 Å². The van der Waals surface area contributed by atoms with Gasteiger partial charge in [-0.3, -0.25) is 0 Å². The van der Waals surface area contributed by atoms with Crippen LogP contribution in [0.4, 0.5) is 0 Å². The standard InChI is InChI=1S/C11H9NOS/c1-7-10(13-2)4-3-9-8(5-12)6-14-11(7)9/h3-4,6H,1-2H3. The number of fused-ring (bicyclic) bond motifs is 1. The van der Waals surface area contributed by atoms with Crippen molar-refractivity contribution in [2.24, 2.45) is 0 Å². The van der Waals surface area contributed by atoms with Gasteiger partial charge in [0.05, 0.1) is 12.7 Å². The molecule has 0 radical (unpaired) electrons. The molecule has 2 rings (SSSR count). The van der Waals surface area contributed by atoms with Gasteiger partial charge in [-0.1, -0.05) is 0 Å². The van der Waals surface area contributed by atoms with Crippen LogP contribution in [0.5, 0.6) is 5.75 Å². The molecule has 0 atom stereocenters. The van der Waals surface area contributed by atoms with Crippen LogP contribution in [0, 0.1) is 18.3 Å². The number of hydrogen-bond acceptors (Lipinski definition) is 3. The zero-order valence-electron chi connectivity index (χ0n) is 8.00. The summed E-state index contributed by atoms with van der Waals surface area (Å²) in [5.74, 6) is 0.879. The molecular formula is C11H9NOS. The maximum atomic E-state index is 8.87. The molecule has 1 aromatic heterocycles. The molecule has 1 aromatic carbocycles. The Balaban J connectivity index is 2.80. The molecule has 0 amide bonds. The first-order chi connectivity index (χ1) is 6.77. The first kappa shape index (κ1) is 9.04. The van der Waals surface area contributed by atoms with E-state index in [9.17, 15) is 0 Å². The predicted molar refractivity (Wildman–Crippen MR) is 57.8 cm³/mol. The molecule has 0 bridgehead atoms. The summed E-state index contributed by atoms with van der Waals surface area (Å²) < 4.78 is 6.36. The highest BCUT2D eigenvalue weighted by Crippen LogP contribution is 2.33. The molecule has 0 N–H and O–H groups in total. The maximum absolute atomic E-state index is 8.87. The molecule has 14 heavy (non-hydrogen) atoms. The molecule has 0 aliphatic carbocycles. The Kier molecular flexibility index (Phi) is 2.14. The molecule has 0 aliphatic rings. The molecule has 0 spiro atoms. The van der Waals surface area contributed by atoms with Gasteiger partial charge in [0.2, 0.25) is 0 Å². The van der Waals surface area contributed by atoms with Crippen LogP contribution in [0.3, 0.4) is 0 Å². The summed E-state index contributed by atoms with van der Waals surface area (Å²) in [6, 6.07) is 6.03. The molecular weight excluding hydrogens is 194 g/mol. The van der Waals surface area contributed by atoms with E-state index in [1.807, 2.05) is 24.4 Å². The van der Waals surface area contributed by atoms with Crippen molar-refractivity contribution in [3.8, 4) is 11.8 Å². The fraction of sp³-hybridized carbons (Fsp3) is 0.182. The Hall–Kier alpha value is -1.53. The van der Waals surface area contributed by atoms with Gasteiger partial charge >= 0.3 is 0 Å². The fourth-order valence-electron chi connectivity index (χ4n) is 1.53. The van der Waals surface area contributed by atoms with Crippen molar-refractivity contribution in [2.75, 3.05) is 7.11 Å². The largest absolute Gasteiger partial charge is 0.496 e. The molecule has 2 aromatic rings. The van der Waals surface area contributed by atoms with Gasteiger partial charge < -0.3 is 4.74 Å². The number of ether oxygens (including phenoxy) is 1. The quantitative estimate of drug-likeness (QED) is 0.713. The van der Waals surface area contributed by atoms with E-state index in [2.05, 4.69) is 6.07 Å². The Bertz CT molecular complexity index is 522. The van der Waals surface area contributed by atoms with Crippen molar-refractivity contribution in [1.29, 1.82) is 5.26 Å². The third-order valence-corrected chi connectivity index (χ3v) is 3.40. The molecule has 1 heterocycles. The average molecular weight is 203 g/mol. The lowest BCUT2D eigenvalue weighted by molar-refractivity contribution is 0.412. The van der Waals surface area contributed by atoms with E-state index < -0.39 is 0 Å². The lowest BCUT2D eigenvalue weighted by atomic mass is 10.1. The second kappa shape index (κ2) is 3.32. The third-order valence-electron chi connectivity index (χ3n) is 2.28. The summed E-state index contributed by atoms with van der Waals surface area (Å²) in [6.07, 6.45) is 0. The van der Waals surface area contributed by atoms with Crippen LogP contribution in [-0.2, 0) is 0 Å². The highest BCUT2D eigenvalue weighted by Gasteiger charge is 2.08. The van der Waals surface area contributed by atoms with E-state index in [1.165, 1.54) is 0 Å². The number of rotatable bonds is 1. The van der Waals surface area contributed by atoms with Crippen LogP contribution in [0.1, 0.15) is 11.1 Å². The van der Waals surface area contributed by atoms with Crippen molar-refractivity contribution in [3.05, 3.63) is 28.6 Å². The summed E-state index contributed by atoms with van der Waals surface area (Å²) >= 11 is 1.59. The minimum absolute atomic E-state index is 0.746. The van der Waals surface area contributed by atoms with Gasteiger partial charge in [0.25, 0.3) is 0 Å². The number of nitrogens with zero attached hydrogens (tertiary/aromatic N) is 1. The van der Waals surface area contributed by atoms with E-state index >= 15 is 0 Å². The van der Waals surface area contributed by atoms with Gasteiger partial charge in [0.1, 0.15) is 11.8 Å². The van der Waals surface area contributed by atoms with Crippen molar-refractivity contribution in [2.45, 2.75) is 6.92 Å². The van der Waals surface area contributed by atoms with Crippen LogP contribution in [0.25, 0.3) is 10.1 Å². The van der Waals surface area contributed by atoms with Gasteiger partial charge in [-0.2, -0.15) is 5.26 Å². The maximum Gasteiger partial charge on any atom is 0.123 e. The van der Waals surface area contributed by atoms with Crippen LogP contribution >= 0.6 is 11.3 Å². The normalized spacial score (nSPS) is 10.1. The Morgan fingerprint density at radius 2 is 2.21 bits per heavy atom. The Morgan fingerprint density at radius 1 is 1.43 bits per heavy atom. The zero-order valence-corrected chi connectivity index (χ0v) is 8.81. The summed E-state index contributed by atoms with van der Waals surface area (Å²) in [6.45, 7) is 2.01. The Morgan fingerprint density at radius 3 is 2.86 bits per heavy atom. The lowest BCUT2D eigenvalue weighted by Crippen LogP contribution is -1.86. The summed E-state index contributed by atoms with van der Waals surface area (Å²) in [5.41, 5.74) is 1.85. The average Bonchev–Trinajstić information content (AvgIpc) is 2.62. The molecule has 2 nitrogen and oxygen atoms in total. The van der Waals surface area contributed by atoms with Crippen molar-refractivity contribution < 1.29 is 4.74 Å². The van der Waals surface area contributed by atoms with E-state index in [4.69, 9.17) is 10.00 Å². The summed E-state index contributed by atoms with van der Waals surface area (Å²) in [5, 5.41) is 11.8. The molecule has 0 unspecified atom stereocenters. The van der Waals surface area contributed by atoms with Crippen LogP contribution in [0.2, 0.25) is 0 Å². The van der Waals surface area contributed by atoms with Gasteiger partial charge in [-0.05, 0) is 19.1 Å². The SMILES string of the molecule is COc1ccc2c(C#N)csc2c1C. The summed E-state index contributed by atoms with van der Waals surface area (Å²) in [7, 11) is 1.66. The molecule has 0 saturated carbocycles. The molecule has 0 aliphatic heterocycles. The minimum Gasteiger partial charge on any atom is -0.496 e. The number of thiophene rings is 1. The third kappa shape index (κ3) is 1.16. The van der Waals surface area contributed by atoms with Gasteiger partial charge in [-0.25, -0.2) is 0 Å². The van der Waals surface area contributed by atoms with E-state index in [0.29, 0.717) is 0 Å². The summed E-state index contributed by atoms with van der Waals surface area (Å²) in [4.78, 5) is 0. The van der Waals surface area contributed by atoms with Crippen molar-refractivity contribution in [3.63, 3.8) is 0 Å². The zero-order chi connectivity index (χ0) is 10.1. The minimum atomic E-state index is 0.746. The van der Waals surface area contributed by atoms with Gasteiger partial charge in [0, 0.05) is 21.0 Å². The first-order valence-corrected chi connectivity index (χ1v) is 5.10. The number of nitriles is 1. The number of hydrogen-bond donors (Lipinski definition) is 0. The highest BCUT2D eigenvalue weighted by atomic mass is 32.1. The molecule has 0 fully saturated rings. The van der Waals surface area contributed by atoms with Crippen molar-refractivity contribution >= 4 is 21.4 Å². The number of benzene rings is 1. The number of methoxy groups -OCH3 is 1. The number of aryl methyl sites for hydroxylation is 1. The van der Waals surface area contributed by atoms with Crippen molar-refractivity contribution in [1.82, 2.24) is 0 Å². The lowest BCUT2D eigenvalue weighted by Gasteiger charge is -2.04. The first-order valence-electron chi connectivity index (χ1n) is 4.23. The smallest absolute Gasteiger partial charge is 0.123 e. The van der Waals surface area contributed by atoms with Crippen LogP contribution in [0.15, 0.2) is 17.5 Å².